The second-order valence-corrected chi connectivity index (χ2v) is 4.72. The molecule has 0 fully saturated rings. The lowest BCUT2D eigenvalue weighted by molar-refractivity contribution is 0.382. The summed E-state index contributed by atoms with van der Waals surface area (Å²) in [7, 11) is 0. The molecule has 0 aliphatic heterocycles. The van der Waals surface area contributed by atoms with Gasteiger partial charge >= 0.3 is 0 Å². The van der Waals surface area contributed by atoms with Gasteiger partial charge in [-0.1, -0.05) is 13.8 Å². The number of rotatable bonds is 3. The third-order valence-corrected chi connectivity index (χ3v) is 2.91. The van der Waals surface area contributed by atoms with Crippen LogP contribution in [0.25, 0.3) is 11.0 Å². The molecule has 0 saturated carbocycles. The summed E-state index contributed by atoms with van der Waals surface area (Å²) in [6.45, 7) is 4.76. The number of hydrogen-bond donors (Lipinski definition) is 1. The Morgan fingerprint density at radius 1 is 1.31 bits per heavy atom. The zero-order chi connectivity index (χ0) is 11.8. The lowest BCUT2D eigenvalue weighted by Gasteiger charge is -2.20. The molecule has 0 unspecified atom stereocenters. The molecule has 1 heterocycles. The van der Waals surface area contributed by atoms with E-state index in [2.05, 4.69) is 13.8 Å². The van der Waals surface area contributed by atoms with E-state index in [1.54, 1.807) is 6.07 Å². The van der Waals surface area contributed by atoms with E-state index in [4.69, 9.17) is 10.2 Å². The zero-order valence-electron chi connectivity index (χ0n) is 9.59. The molecule has 0 atom stereocenters. The minimum absolute atomic E-state index is 0.107. The van der Waals surface area contributed by atoms with Gasteiger partial charge in [-0.2, -0.15) is 0 Å². The first-order valence-corrected chi connectivity index (χ1v) is 5.42. The van der Waals surface area contributed by atoms with Crippen molar-refractivity contribution in [2.24, 2.45) is 5.73 Å². The van der Waals surface area contributed by atoms with Crippen LogP contribution in [0.4, 0.5) is 4.39 Å². The van der Waals surface area contributed by atoms with Crippen LogP contribution in [0, 0.1) is 5.82 Å². The van der Waals surface area contributed by atoms with Gasteiger partial charge in [0.1, 0.15) is 17.2 Å². The van der Waals surface area contributed by atoms with Crippen molar-refractivity contribution in [2.45, 2.75) is 25.7 Å². The van der Waals surface area contributed by atoms with Crippen molar-refractivity contribution in [3.63, 3.8) is 0 Å². The molecule has 2 N–H and O–H groups in total. The van der Waals surface area contributed by atoms with Crippen molar-refractivity contribution in [1.29, 1.82) is 0 Å². The molecule has 0 radical (unpaired) electrons. The van der Waals surface area contributed by atoms with Crippen LogP contribution in [0.5, 0.6) is 0 Å². The van der Waals surface area contributed by atoms with E-state index >= 15 is 0 Å². The van der Waals surface area contributed by atoms with E-state index in [9.17, 15) is 4.39 Å². The molecule has 1 aromatic heterocycles. The lowest BCUT2D eigenvalue weighted by atomic mass is 9.86. The Morgan fingerprint density at radius 2 is 2.06 bits per heavy atom. The fraction of sp³-hybridized carbons (Fsp3) is 0.385. The largest absolute Gasteiger partial charge is 0.461 e. The van der Waals surface area contributed by atoms with Crippen LogP contribution >= 0.6 is 0 Å². The van der Waals surface area contributed by atoms with Gasteiger partial charge in [0.25, 0.3) is 0 Å². The number of hydrogen-bond acceptors (Lipinski definition) is 2. The molecule has 1 aromatic carbocycles. The average Bonchev–Trinajstić information content (AvgIpc) is 2.61. The van der Waals surface area contributed by atoms with Gasteiger partial charge in [-0.15, -0.1) is 0 Å². The predicted octanol–water partition coefficient (Wildman–Crippen LogP) is 3.20. The van der Waals surface area contributed by atoms with Crippen LogP contribution in [0.3, 0.4) is 0 Å². The highest BCUT2D eigenvalue weighted by molar-refractivity contribution is 5.78. The molecular weight excluding hydrogens is 205 g/mol. The van der Waals surface area contributed by atoms with E-state index in [-0.39, 0.29) is 11.2 Å². The SMILES string of the molecule is CC(C)(CCN)c1cc2cc(F)ccc2o1. The van der Waals surface area contributed by atoms with Crippen molar-refractivity contribution in [3.8, 4) is 0 Å². The Labute approximate surface area is 94.2 Å². The molecular formula is C13H16FNO. The van der Waals surface area contributed by atoms with Gasteiger partial charge < -0.3 is 10.2 Å². The van der Waals surface area contributed by atoms with Gasteiger partial charge in [-0.05, 0) is 37.2 Å². The fourth-order valence-electron chi connectivity index (χ4n) is 1.83. The Hall–Kier alpha value is -1.35. The third-order valence-electron chi connectivity index (χ3n) is 2.91. The maximum atomic E-state index is 13.0. The Bertz CT molecular complexity index is 502. The summed E-state index contributed by atoms with van der Waals surface area (Å²) < 4.78 is 18.7. The van der Waals surface area contributed by atoms with Gasteiger partial charge in [0.2, 0.25) is 0 Å². The molecule has 0 bridgehead atoms. The topological polar surface area (TPSA) is 39.2 Å². The van der Waals surface area contributed by atoms with Crippen LogP contribution in [0.2, 0.25) is 0 Å². The summed E-state index contributed by atoms with van der Waals surface area (Å²) in [4.78, 5) is 0. The number of benzene rings is 1. The normalized spacial score (nSPS) is 12.2. The molecule has 0 spiro atoms. The summed E-state index contributed by atoms with van der Waals surface area (Å²) in [5.74, 6) is 0.620. The first kappa shape index (κ1) is 11.1. The van der Waals surface area contributed by atoms with Gasteiger partial charge in [-0.3, -0.25) is 0 Å². The van der Waals surface area contributed by atoms with Gasteiger partial charge in [0.05, 0.1) is 0 Å². The van der Waals surface area contributed by atoms with Crippen molar-refractivity contribution < 1.29 is 8.81 Å². The molecule has 3 heteroatoms. The third kappa shape index (κ3) is 1.95. The summed E-state index contributed by atoms with van der Waals surface area (Å²) in [5.41, 5.74) is 6.19. The Kier molecular flexibility index (Phi) is 2.72. The summed E-state index contributed by atoms with van der Waals surface area (Å²) in [6, 6.07) is 6.45. The highest BCUT2D eigenvalue weighted by atomic mass is 19.1. The first-order chi connectivity index (χ1) is 7.53. The second-order valence-electron chi connectivity index (χ2n) is 4.72. The van der Waals surface area contributed by atoms with E-state index in [0.717, 1.165) is 23.2 Å². The zero-order valence-corrected chi connectivity index (χ0v) is 9.59. The number of halogens is 1. The fourth-order valence-corrected chi connectivity index (χ4v) is 1.83. The van der Waals surface area contributed by atoms with E-state index in [1.807, 2.05) is 6.07 Å². The Balaban J connectivity index is 2.46. The van der Waals surface area contributed by atoms with Gasteiger partial charge in [0.15, 0.2) is 0 Å². The van der Waals surface area contributed by atoms with Crippen LogP contribution in [-0.2, 0) is 5.41 Å². The van der Waals surface area contributed by atoms with E-state index in [1.165, 1.54) is 12.1 Å². The molecule has 0 aliphatic carbocycles. The van der Waals surface area contributed by atoms with E-state index < -0.39 is 0 Å². The lowest BCUT2D eigenvalue weighted by Crippen LogP contribution is -2.20. The Morgan fingerprint density at radius 3 is 2.75 bits per heavy atom. The van der Waals surface area contributed by atoms with Crippen molar-refractivity contribution in [2.75, 3.05) is 6.54 Å². The van der Waals surface area contributed by atoms with Crippen molar-refractivity contribution in [3.05, 3.63) is 35.8 Å². The van der Waals surface area contributed by atoms with Crippen molar-refractivity contribution >= 4 is 11.0 Å². The molecule has 0 amide bonds. The monoisotopic (exact) mass is 221 g/mol. The molecule has 0 saturated heterocycles. The standard InChI is InChI=1S/C13H16FNO/c1-13(2,5-6-15)12-8-9-7-10(14)3-4-11(9)16-12/h3-4,7-8H,5-6,15H2,1-2H3. The number of nitrogens with two attached hydrogens (primary N) is 1. The highest BCUT2D eigenvalue weighted by Gasteiger charge is 2.24. The second kappa shape index (κ2) is 3.91. The van der Waals surface area contributed by atoms with Gasteiger partial charge in [-0.25, -0.2) is 4.39 Å². The highest BCUT2D eigenvalue weighted by Crippen LogP contribution is 2.31. The number of fused-ring (bicyclic) bond motifs is 1. The molecule has 2 nitrogen and oxygen atoms in total. The summed E-state index contributed by atoms with van der Waals surface area (Å²) in [5, 5.41) is 0.806. The molecule has 86 valence electrons. The minimum atomic E-state index is -0.239. The molecule has 2 rings (SSSR count). The summed E-state index contributed by atoms with van der Waals surface area (Å²) >= 11 is 0. The minimum Gasteiger partial charge on any atom is -0.461 e. The van der Waals surface area contributed by atoms with Gasteiger partial charge in [0, 0.05) is 10.8 Å². The first-order valence-electron chi connectivity index (χ1n) is 5.42. The number of furan rings is 1. The van der Waals surface area contributed by atoms with E-state index in [0.29, 0.717) is 6.54 Å². The maximum absolute atomic E-state index is 13.0. The summed E-state index contributed by atoms with van der Waals surface area (Å²) in [6.07, 6.45) is 0.843. The van der Waals surface area contributed by atoms with Crippen LogP contribution < -0.4 is 5.73 Å². The predicted molar refractivity (Wildman–Crippen MR) is 62.9 cm³/mol. The molecule has 0 aliphatic rings. The smallest absolute Gasteiger partial charge is 0.134 e. The molecule has 2 aromatic rings. The maximum Gasteiger partial charge on any atom is 0.134 e. The average molecular weight is 221 g/mol. The van der Waals surface area contributed by atoms with Crippen LogP contribution in [-0.4, -0.2) is 6.54 Å². The quantitative estimate of drug-likeness (QED) is 0.864. The van der Waals surface area contributed by atoms with Crippen LogP contribution in [0.1, 0.15) is 26.0 Å². The van der Waals surface area contributed by atoms with Crippen LogP contribution in [0.15, 0.2) is 28.7 Å². The molecule has 16 heavy (non-hydrogen) atoms. The van der Waals surface area contributed by atoms with Crippen molar-refractivity contribution in [1.82, 2.24) is 0 Å².